The molecule has 5 heteroatoms. The highest BCUT2D eigenvalue weighted by molar-refractivity contribution is 6.00. The van der Waals surface area contributed by atoms with Gasteiger partial charge in [-0.15, -0.1) is 0 Å². The van der Waals surface area contributed by atoms with E-state index in [0.717, 1.165) is 6.54 Å². The number of likely N-dealkylation sites (tertiary alicyclic amines) is 1. The third-order valence-electron chi connectivity index (χ3n) is 4.11. The Kier molecular flexibility index (Phi) is 4.96. The molecule has 1 aliphatic rings. The molecule has 1 aliphatic heterocycles. The van der Waals surface area contributed by atoms with Gasteiger partial charge in [-0.3, -0.25) is 14.5 Å². The number of methoxy groups -OCH3 is 2. The molecular formula is C16H21NO4. The molecule has 5 nitrogen and oxygen atoms in total. The number of nitrogens with zero attached hydrogens (tertiary/aromatic N) is 1. The molecule has 114 valence electrons. The van der Waals surface area contributed by atoms with E-state index >= 15 is 0 Å². The number of hydrogen-bond acceptors (Lipinski definition) is 5. The summed E-state index contributed by atoms with van der Waals surface area (Å²) in [6.07, 6.45) is 0.859. The predicted octanol–water partition coefficient (Wildman–Crippen LogP) is 1.61. The Labute approximate surface area is 124 Å². The van der Waals surface area contributed by atoms with Crippen LogP contribution in [0.2, 0.25) is 0 Å². The first-order valence-electron chi connectivity index (χ1n) is 7.05. The molecule has 0 radical (unpaired) electrons. The summed E-state index contributed by atoms with van der Waals surface area (Å²) in [7, 11) is 2.62. The van der Waals surface area contributed by atoms with Crippen LogP contribution in [0.25, 0.3) is 0 Å². The number of rotatable bonds is 4. The second-order valence-electron chi connectivity index (χ2n) is 5.33. The smallest absolute Gasteiger partial charge is 0.323 e. The number of hydrogen-bond donors (Lipinski definition) is 0. The molecule has 21 heavy (non-hydrogen) atoms. The van der Waals surface area contributed by atoms with E-state index in [1.165, 1.54) is 19.8 Å². The molecule has 1 aromatic carbocycles. The van der Waals surface area contributed by atoms with Crippen LogP contribution in [0.5, 0.6) is 0 Å². The molecule has 2 rings (SSSR count). The van der Waals surface area contributed by atoms with Gasteiger partial charge in [-0.2, -0.15) is 0 Å². The van der Waals surface area contributed by atoms with Gasteiger partial charge in [0.2, 0.25) is 0 Å². The lowest BCUT2D eigenvalue weighted by molar-refractivity contribution is -0.173. The molecule has 0 amide bonds. The first-order chi connectivity index (χ1) is 10.1. The fourth-order valence-corrected chi connectivity index (χ4v) is 2.82. The number of ether oxygens (including phenoxy) is 2. The molecule has 0 aromatic heterocycles. The van der Waals surface area contributed by atoms with Gasteiger partial charge in [-0.25, -0.2) is 0 Å². The van der Waals surface area contributed by atoms with Crippen molar-refractivity contribution < 1.29 is 19.1 Å². The second-order valence-corrected chi connectivity index (χ2v) is 5.33. The Morgan fingerprint density at radius 3 is 2.05 bits per heavy atom. The Morgan fingerprint density at radius 2 is 1.57 bits per heavy atom. The highest BCUT2D eigenvalue weighted by atomic mass is 16.5. The fourth-order valence-electron chi connectivity index (χ4n) is 2.82. The van der Waals surface area contributed by atoms with Crippen LogP contribution in [-0.2, 0) is 25.6 Å². The van der Waals surface area contributed by atoms with Gasteiger partial charge in [0.25, 0.3) is 0 Å². The molecule has 0 spiro atoms. The largest absolute Gasteiger partial charge is 0.468 e. The summed E-state index contributed by atoms with van der Waals surface area (Å²) in [6.45, 7) is 2.15. The van der Waals surface area contributed by atoms with Crippen molar-refractivity contribution in [3.05, 3.63) is 35.9 Å². The summed E-state index contributed by atoms with van der Waals surface area (Å²) in [4.78, 5) is 26.3. The maximum absolute atomic E-state index is 12.0. The lowest BCUT2D eigenvalue weighted by atomic mass is 9.78. The Hall–Kier alpha value is -1.88. The summed E-state index contributed by atoms with van der Waals surface area (Å²) in [5.74, 6) is -0.984. The Balaban J connectivity index is 2.03. The van der Waals surface area contributed by atoms with Crippen LogP contribution >= 0.6 is 0 Å². The zero-order chi connectivity index (χ0) is 15.3. The number of esters is 2. The molecule has 0 atom stereocenters. The van der Waals surface area contributed by atoms with Gasteiger partial charge in [0, 0.05) is 19.6 Å². The quantitative estimate of drug-likeness (QED) is 0.623. The maximum Gasteiger partial charge on any atom is 0.323 e. The van der Waals surface area contributed by atoms with Crippen LogP contribution < -0.4 is 0 Å². The number of piperidine rings is 1. The number of carbonyl (C=O) groups excluding carboxylic acids is 2. The number of benzene rings is 1. The Morgan fingerprint density at radius 1 is 1.05 bits per heavy atom. The molecule has 0 unspecified atom stereocenters. The fraction of sp³-hybridized carbons (Fsp3) is 0.500. The zero-order valence-electron chi connectivity index (χ0n) is 12.5. The van der Waals surface area contributed by atoms with Crippen LogP contribution in [0.1, 0.15) is 18.4 Å². The second kappa shape index (κ2) is 6.72. The van der Waals surface area contributed by atoms with E-state index in [-0.39, 0.29) is 0 Å². The molecule has 1 aromatic rings. The first-order valence-corrected chi connectivity index (χ1v) is 7.05. The summed E-state index contributed by atoms with van der Waals surface area (Å²) in [5.41, 5.74) is 0.0811. The van der Waals surface area contributed by atoms with E-state index in [1.54, 1.807) is 0 Å². The van der Waals surface area contributed by atoms with E-state index in [1.807, 2.05) is 18.2 Å². The zero-order valence-corrected chi connectivity index (χ0v) is 12.5. The normalized spacial score (nSPS) is 18.0. The van der Waals surface area contributed by atoms with Crippen LogP contribution in [-0.4, -0.2) is 44.1 Å². The molecule has 0 aliphatic carbocycles. The van der Waals surface area contributed by atoms with Gasteiger partial charge in [0.05, 0.1) is 14.2 Å². The number of carbonyl (C=O) groups is 2. The van der Waals surface area contributed by atoms with Crippen LogP contribution in [0.15, 0.2) is 30.3 Å². The van der Waals surface area contributed by atoms with Gasteiger partial charge in [-0.05, 0) is 18.4 Å². The monoisotopic (exact) mass is 291 g/mol. The molecule has 0 N–H and O–H groups in total. The standard InChI is InChI=1S/C16H21NO4/c1-20-14(18)16(15(19)21-2)8-10-17(11-9-16)12-13-6-4-3-5-7-13/h3-7H,8-12H2,1-2H3. The van der Waals surface area contributed by atoms with Crippen LogP contribution in [0, 0.1) is 5.41 Å². The minimum Gasteiger partial charge on any atom is -0.468 e. The third-order valence-corrected chi connectivity index (χ3v) is 4.11. The van der Waals surface area contributed by atoms with Crippen LogP contribution in [0.3, 0.4) is 0 Å². The Bertz CT molecular complexity index is 474. The van der Waals surface area contributed by atoms with Crippen LogP contribution in [0.4, 0.5) is 0 Å². The van der Waals surface area contributed by atoms with Crippen molar-refractivity contribution in [3.8, 4) is 0 Å². The molecule has 1 heterocycles. The maximum atomic E-state index is 12.0. The molecule has 0 bridgehead atoms. The molecule has 0 saturated carbocycles. The van der Waals surface area contributed by atoms with Crippen molar-refractivity contribution in [2.45, 2.75) is 19.4 Å². The van der Waals surface area contributed by atoms with Crippen molar-refractivity contribution in [1.29, 1.82) is 0 Å². The SMILES string of the molecule is COC(=O)C1(C(=O)OC)CCN(Cc2ccccc2)CC1. The van der Waals surface area contributed by atoms with E-state index in [4.69, 9.17) is 9.47 Å². The molecular weight excluding hydrogens is 270 g/mol. The summed E-state index contributed by atoms with van der Waals surface area (Å²) in [6, 6.07) is 10.1. The van der Waals surface area contributed by atoms with E-state index in [0.29, 0.717) is 25.9 Å². The minimum absolute atomic E-state index is 0.430. The van der Waals surface area contributed by atoms with E-state index in [9.17, 15) is 9.59 Å². The average Bonchev–Trinajstić information content (AvgIpc) is 2.55. The van der Waals surface area contributed by atoms with Crippen molar-refractivity contribution in [2.24, 2.45) is 5.41 Å². The van der Waals surface area contributed by atoms with E-state index < -0.39 is 17.4 Å². The van der Waals surface area contributed by atoms with Crippen molar-refractivity contribution >= 4 is 11.9 Å². The van der Waals surface area contributed by atoms with Gasteiger partial charge < -0.3 is 9.47 Å². The van der Waals surface area contributed by atoms with Crippen molar-refractivity contribution in [3.63, 3.8) is 0 Å². The molecule has 1 fully saturated rings. The average molecular weight is 291 g/mol. The summed E-state index contributed by atoms with van der Waals surface area (Å²) >= 11 is 0. The van der Waals surface area contributed by atoms with Gasteiger partial charge in [-0.1, -0.05) is 30.3 Å². The summed E-state index contributed by atoms with van der Waals surface area (Å²) < 4.78 is 9.62. The predicted molar refractivity (Wildman–Crippen MR) is 77.4 cm³/mol. The van der Waals surface area contributed by atoms with Crippen molar-refractivity contribution in [2.75, 3.05) is 27.3 Å². The minimum atomic E-state index is -1.14. The van der Waals surface area contributed by atoms with Crippen molar-refractivity contribution in [1.82, 2.24) is 4.90 Å². The van der Waals surface area contributed by atoms with Gasteiger partial charge >= 0.3 is 11.9 Å². The van der Waals surface area contributed by atoms with Gasteiger partial charge in [0.15, 0.2) is 5.41 Å². The lowest BCUT2D eigenvalue weighted by Gasteiger charge is -2.37. The topological polar surface area (TPSA) is 55.8 Å². The first kappa shape index (κ1) is 15.5. The molecule has 1 saturated heterocycles. The lowest BCUT2D eigenvalue weighted by Crippen LogP contribution is -2.49. The summed E-state index contributed by atoms with van der Waals surface area (Å²) in [5, 5.41) is 0. The van der Waals surface area contributed by atoms with E-state index in [2.05, 4.69) is 17.0 Å². The highest BCUT2D eigenvalue weighted by Gasteiger charge is 2.50. The highest BCUT2D eigenvalue weighted by Crippen LogP contribution is 2.34. The third kappa shape index (κ3) is 3.24. The van der Waals surface area contributed by atoms with Gasteiger partial charge in [0.1, 0.15) is 0 Å².